The van der Waals surface area contributed by atoms with Crippen LogP contribution in [0.4, 0.5) is 5.69 Å². The number of nitrogens with zero attached hydrogens (tertiary/aromatic N) is 1. The van der Waals surface area contributed by atoms with Gasteiger partial charge in [-0.1, -0.05) is 0 Å². The summed E-state index contributed by atoms with van der Waals surface area (Å²) in [7, 11) is 1.59. The second-order valence-corrected chi connectivity index (χ2v) is 3.99. The van der Waals surface area contributed by atoms with Crippen molar-refractivity contribution in [1.82, 2.24) is 0 Å². The van der Waals surface area contributed by atoms with Gasteiger partial charge in [0.25, 0.3) is 0 Å². The summed E-state index contributed by atoms with van der Waals surface area (Å²) < 4.78 is 6.81. The van der Waals surface area contributed by atoms with Gasteiger partial charge in [0, 0.05) is 23.4 Å². The van der Waals surface area contributed by atoms with Gasteiger partial charge in [0.05, 0.1) is 13.2 Å². The van der Waals surface area contributed by atoms with Crippen molar-refractivity contribution in [2.75, 3.05) is 12.8 Å². The number of nitrogen functional groups attached to an aromatic ring is 1. The molecule has 2 rings (SSSR count). The maximum atomic E-state index is 11.9. The van der Waals surface area contributed by atoms with Crippen molar-refractivity contribution in [2.24, 2.45) is 0 Å². The molecule has 1 aromatic heterocycles. The predicted octanol–water partition coefficient (Wildman–Crippen LogP) is 1.92. The molecule has 0 aliphatic carbocycles. The summed E-state index contributed by atoms with van der Waals surface area (Å²) in [6.07, 6.45) is 6.77. The molecule has 0 aliphatic heterocycles. The lowest BCUT2D eigenvalue weighted by atomic mass is 10.1. The zero-order valence-electron chi connectivity index (χ0n) is 10.6. The van der Waals surface area contributed by atoms with Crippen molar-refractivity contribution < 1.29 is 14.1 Å². The van der Waals surface area contributed by atoms with Crippen LogP contribution in [0.5, 0.6) is 5.75 Å². The van der Waals surface area contributed by atoms with Gasteiger partial charge in [0.2, 0.25) is 0 Å². The molecule has 0 saturated heterocycles. The van der Waals surface area contributed by atoms with Crippen LogP contribution < -0.4 is 15.0 Å². The fourth-order valence-electron chi connectivity index (χ4n) is 1.55. The average Bonchev–Trinajstić information content (AvgIpc) is 2.46. The standard InChI is InChI=1S/C15H14N2O2/c1-19-14-4-2-12(3-5-14)15(18)8-11-17-9-6-13(16)7-10-17/h2-11,16H,1H3/p+1/b11-8+. The minimum absolute atomic E-state index is 0.0630. The number of hydrogen-bond donors (Lipinski definition) is 1. The average molecular weight is 255 g/mol. The fourth-order valence-corrected chi connectivity index (χ4v) is 1.55. The van der Waals surface area contributed by atoms with E-state index in [0.29, 0.717) is 11.3 Å². The first-order valence-electron chi connectivity index (χ1n) is 5.82. The molecular formula is C15H15N2O2+. The fraction of sp³-hybridized carbons (Fsp3) is 0.0667. The van der Waals surface area contributed by atoms with Crippen molar-refractivity contribution in [3.63, 3.8) is 0 Å². The zero-order chi connectivity index (χ0) is 13.7. The monoisotopic (exact) mass is 255 g/mol. The van der Waals surface area contributed by atoms with E-state index in [-0.39, 0.29) is 5.78 Å². The van der Waals surface area contributed by atoms with Crippen LogP contribution in [0.15, 0.2) is 54.9 Å². The summed E-state index contributed by atoms with van der Waals surface area (Å²) in [4.78, 5) is 11.9. The number of rotatable bonds is 4. The number of carbonyl (C=O) groups excluding carboxylic acids is 1. The third-order valence-corrected chi connectivity index (χ3v) is 2.65. The highest BCUT2D eigenvalue weighted by molar-refractivity contribution is 6.05. The third-order valence-electron chi connectivity index (χ3n) is 2.65. The highest BCUT2D eigenvalue weighted by Gasteiger charge is 2.03. The van der Waals surface area contributed by atoms with Gasteiger partial charge < -0.3 is 10.5 Å². The predicted molar refractivity (Wildman–Crippen MR) is 73.7 cm³/mol. The van der Waals surface area contributed by atoms with Gasteiger partial charge in [-0.3, -0.25) is 4.79 Å². The van der Waals surface area contributed by atoms with Crippen LogP contribution >= 0.6 is 0 Å². The number of ketones is 1. The Morgan fingerprint density at radius 2 is 1.79 bits per heavy atom. The summed E-state index contributed by atoms with van der Waals surface area (Å²) in [5.41, 5.74) is 6.89. The highest BCUT2D eigenvalue weighted by atomic mass is 16.5. The van der Waals surface area contributed by atoms with Gasteiger partial charge in [0.1, 0.15) is 5.75 Å². The van der Waals surface area contributed by atoms with E-state index >= 15 is 0 Å². The molecule has 1 aromatic carbocycles. The number of pyridine rings is 1. The Bertz CT molecular complexity index is 587. The molecule has 0 fully saturated rings. The van der Waals surface area contributed by atoms with E-state index in [2.05, 4.69) is 0 Å². The van der Waals surface area contributed by atoms with Crippen molar-refractivity contribution in [3.05, 3.63) is 60.4 Å². The van der Waals surface area contributed by atoms with E-state index < -0.39 is 0 Å². The molecule has 0 radical (unpaired) electrons. The van der Waals surface area contributed by atoms with E-state index in [1.54, 1.807) is 66.7 Å². The van der Waals surface area contributed by atoms with Crippen LogP contribution in [0.25, 0.3) is 6.20 Å². The summed E-state index contributed by atoms with van der Waals surface area (Å²) >= 11 is 0. The summed E-state index contributed by atoms with van der Waals surface area (Å²) in [6, 6.07) is 10.5. The van der Waals surface area contributed by atoms with E-state index in [9.17, 15) is 4.79 Å². The van der Waals surface area contributed by atoms with E-state index in [0.717, 1.165) is 5.75 Å². The Labute approximate surface area is 111 Å². The van der Waals surface area contributed by atoms with Gasteiger partial charge in [-0.05, 0) is 24.3 Å². The van der Waals surface area contributed by atoms with Crippen molar-refractivity contribution in [2.45, 2.75) is 0 Å². The van der Waals surface area contributed by atoms with Crippen LogP contribution in [-0.2, 0) is 0 Å². The lowest BCUT2D eigenvalue weighted by Crippen LogP contribution is -2.24. The number of ether oxygens (including phenoxy) is 1. The van der Waals surface area contributed by atoms with Crippen molar-refractivity contribution >= 4 is 17.7 Å². The molecule has 4 heteroatoms. The van der Waals surface area contributed by atoms with Crippen LogP contribution in [0.2, 0.25) is 0 Å². The first-order valence-corrected chi connectivity index (χ1v) is 5.82. The number of benzene rings is 1. The van der Waals surface area contributed by atoms with Gasteiger partial charge >= 0.3 is 0 Å². The SMILES string of the molecule is COc1ccc(C(=O)/C=C/[n+]2ccc(N)cc2)cc1. The topological polar surface area (TPSA) is 56.2 Å². The molecule has 96 valence electrons. The largest absolute Gasteiger partial charge is 0.497 e. The van der Waals surface area contributed by atoms with Crippen LogP contribution in [-0.4, -0.2) is 12.9 Å². The van der Waals surface area contributed by atoms with E-state index in [1.807, 2.05) is 0 Å². The number of nitrogens with two attached hydrogens (primary N) is 1. The van der Waals surface area contributed by atoms with Crippen LogP contribution in [0, 0.1) is 0 Å². The second kappa shape index (κ2) is 5.82. The Hall–Kier alpha value is -2.62. The smallest absolute Gasteiger partial charge is 0.191 e. The minimum Gasteiger partial charge on any atom is -0.497 e. The molecule has 0 amide bonds. The maximum absolute atomic E-state index is 11.9. The molecule has 0 unspecified atom stereocenters. The Kier molecular flexibility index (Phi) is 3.93. The van der Waals surface area contributed by atoms with Crippen molar-refractivity contribution in [1.29, 1.82) is 0 Å². The summed E-state index contributed by atoms with van der Waals surface area (Å²) in [6.45, 7) is 0. The zero-order valence-corrected chi connectivity index (χ0v) is 10.6. The van der Waals surface area contributed by atoms with E-state index in [1.165, 1.54) is 6.08 Å². The molecule has 0 saturated carbocycles. The number of aromatic nitrogens is 1. The molecule has 4 nitrogen and oxygen atoms in total. The number of allylic oxidation sites excluding steroid dienone is 1. The molecule has 0 aliphatic rings. The van der Waals surface area contributed by atoms with E-state index in [4.69, 9.17) is 10.5 Å². The Balaban J connectivity index is 2.09. The lowest BCUT2D eigenvalue weighted by molar-refractivity contribution is -0.568. The number of methoxy groups -OCH3 is 1. The number of carbonyl (C=O) groups is 1. The summed E-state index contributed by atoms with van der Waals surface area (Å²) in [5.74, 6) is 0.667. The van der Waals surface area contributed by atoms with Gasteiger partial charge in [0.15, 0.2) is 24.4 Å². The first-order chi connectivity index (χ1) is 9.19. The molecular weight excluding hydrogens is 240 g/mol. The number of anilines is 1. The Morgan fingerprint density at radius 1 is 1.16 bits per heavy atom. The Morgan fingerprint density at radius 3 is 2.37 bits per heavy atom. The quantitative estimate of drug-likeness (QED) is 0.516. The third kappa shape index (κ3) is 3.42. The number of hydrogen-bond acceptors (Lipinski definition) is 3. The van der Waals surface area contributed by atoms with Crippen molar-refractivity contribution in [3.8, 4) is 5.75 Å². The molecule has 19 heavy (non-hydrogen) atoms. The molecule has 2 aromatic rings. The van der Waals surface area contributed by atoms with Gasteiger partial charge in [-0.15, -0.1) is 0 Å². The molecule has 0 atom stereocenters. The highest BCUT2D eigenvalue weighted by Crippen LogP contribution is 2.11. The maximum Gasteiger partial charge on any atom is 0.191 e. The molecule has 2 N–H and O–H groups in total. The van der Waals surface area contributed by atoms with Crippen LogP contribution in [0.1, 0.15) is 10.4 Å². The molecule has 0 spiro atoms. The minimum atomic E-state index is -0.0630. The van der Waals surface area contributed by atoms with Crippen LogP contribution in [0.3, 0.4) is 0 Å². The first kappa shape index (κ1) is 12.8. The molecule has 0 bridgehead atoms. The second-order valence-electron chi connectivity index (χ2n) is 3.99. The lowest BCUT2D eigenvalue weighted by Gasteiger charge is -1.99. The normalized spacial score (nSPS) is 10.6. The summed E-state index contributed by atoms with van der Waals surface area (Å²) in [5, 5.41) is 0. The van der Waals surface area contributed by atoms with Gasteiger partial charge in [-0.2, -0.15) is 4.57 Å². The molecule has 1 heterocycles. The van der Waals surface area contributed by atoms with Gasteiger partial charge in [-0.25, -0.2) is 0 Å².